The Kier molecular flexibility index (Phi) is 5.45. The van der Waals surface area contributed by atoms with Crippen LogP contribution in [0.5, 0.6) is 0 Å². The molecule has 0 aliphatic rings. The molecular formula is C23H24N4OS. The van der Waals surface area contributed by atoms with Crippen LogP contribution in [0.25, 0.3) is 15.9 Å². The first-order valence-corrected chi connectivity index (χ1v) is 10.5. The Morgan fingerprint density at radius 1 is 1.07 bits per heavy atom. The summed E-state index contributed by atoms with van der Waals surface area (Å²) in [6.07, 6.45) is 1.15. The van der Waals surface area contributed by atoms with Crippen molar-refractivity contribution in [2.24, 2.45) is 0 Å². The lowest BCUT2D eigenvalue weighted by Crippen LogP contribution is -2.26. The Morgan fingerprint density at radius 3 is 2.55 bits per heavy atom. The molecule has 0 radical (unpaired) electrons. The Hall–Kier alpha value is -2.99. The molecular weight excluding hydrogens is 380 g/mol. The molecule has 0 atom stereocenters. The number of hydrogen-bond donors (Lipinski definition) is 0. The van der Waals surface area contributed by atoms with Gasteiger partial charge in [0.15, 0.2) is 0 Å². The van der Waals surface area contributed by atoms with E-state index in [1.54, 1.807) is 16.2 Å². The molecule has 5 nitrogen and oxygen atoms in total. The molecule has 2 heterocycles. The summed E-state index contributed by atoms with van der Waals surface area (Å²) in [6.45, 7) is 4.62. The van der Waals surface area contributed by atoms with Crippen LogP contribution in [0.4, 0.5) is 0 Å². The van der Waals surface area contributed by atoms with Crippen molar-refractivity contribution in [2.75, 3.05) is 7.05 Å². The maximum Gasteiger partial charge on any atom is 0.223 e. The van der Waals surface area contributed by atoms with Crippen molar-refractivity contribution in [3.63, 3.8) is 0 Å². The van der Waals surface area contributed by atoms with Crippen LogP contribution >= 0.6 is 11.3 Å². The van der Waals surface area contributed by atoms with E-state index < -0.39 is 0 Å². The SMILES string of the molecule is Cc1nn(-c2ccccc2)c(C)c1CCC(=O)N(C)Cc1nc2ccccc2s1. The van der Waals surface area contributed by atoms with Gasteiger partial charge in [-0.15, -0.1) is 11.3 Å². The second-order valence-corrected chi connectivity index (χ2v) is 8.34. The number of amides is 1. The standard InChI is InChI=1S/C23H24N4OS/c1-16-19(17(2)27(25-16)18-9-5-4-6-10-18)13-14-23(28)26(3)15-22-24-20-11-7-8-12-21(20)29-22/h4-12H,13-15H2,1-3H3. The average Bonchev–Trinajstić information content (AvgIpc) is 3.26. The Labute approximate surface area is 174 Å². The zero-order valence-electron chi connectivity index (χ0n) is 16.9. The molecule has 0 N–H and O–H groups in total. The van der Waals surface area contributed by atoms with Crippen molar-refractivity contribution in [2.45, 2.75) is 33.2 Å². The molecule has 0 bridgehead atoms. The second-order valence-electron chi connectivity index (χ2n) is 7.22. The number of nitrogens with zero attached hydrogens (tertiary/aromatic N) is 4. The third-order valence-corrected chi connectivity index (χ3v) is 6.19. The molecule has 2 aromatic carbocycles. The number of thiazole rings is 1. The lowest BCUT2D eigenvalue weighted by molar-refractivity contribution is -0.130. The molecule has 0 saturated carbocycles. The van der Waals surface area contributed by atoms with Crippen molar-refractivity contribution >= 4 is 27.5 Å². The Morgan fingerprint density at radius 2 is 1.79 bits per heavy atom. The molecule has 29 heavy (non-hydrogen) atoms. The molecule has 0 aliphatic carbocycles. The van der Waals surface area contributed by atoms with Gasteiger partial charge < -0.3 is 4.90 Å². The van der Waals surface area contributed by atoms with E-state index in [2.05, 4.69) is 23.1 Å². The quantitative estimate of drug-likeness (QED) is 0.468. The van der Waals surface area contributed by atoms with Crippen molar-refractivity contribution in [3.8, 4) is 5.69 Å². The third-order valence-electron chi connectivity index (χ3n) is 5.17. The van der Waals surface area contributed by atoms with Gasteiger partial charge in [-0.25, -0.2) is 9.67 Å². The van der Waals surface area contributed by atoms with Crippen LogP contribution in [-0.4, -0.2) is 32.6 Å². The lowest BCUT2D eigenvalue weighted by atomic mass is 10.1. The van der Waals surface area contributed by atoms with Crippen molar-refractivity contribution in [1.29, 1.82) is 0 Å². The molecule has 0 saturated heterocycles. The summed E-state index contributed by atoms with van der Waals surface area (Å²) in [5.74, 6) is 0.121. The summed E-state index contributed by atoms with van der Waals surface area (Å²) >= 11 is 1.64. The number of carbonyl (C=O) groups is 1. The highest BCUT2D eigenvalue weighted by molar-refractivity contribution is 7.18. The van der Waals surface area contributed by atoms with Gasteiger partial charge in [0.2, 0.25) is 5.91 Å². The molecule has 148 valence electrons. The number of para-hydroxylation sites is 2. The van der Waals surface area contributed by atoms with Crippen LogP contribution in [0.15, 0.2) is 54.6 Å². The van der Waals surface area contributed by atoms with Crippen LogP contribution in [0.1, 0.15) is 28.4 Å². The minimum absolute atomic E-state index is 0.121. The number of carbonyl (C=O) groups excluding carboxylic acids is 1. The predicted molar refractivity (Wildman–Crippen MR) is 117 cm³/mol. The van der Waals surface area contributed by atoms with Crippen molar-refractivity contribution in [1.82, 2.24) is 19.7 Å². The zero-order chi connectivity index (χ0) is 20.4. The number of benzene rings is 2. The van der Waals surface area contributed by atoms with Gasteiger partial charge in [0, 0.05) is 19.2 Å². The molecule has 2 aromatic heterocycles. The largest absolute Gasteiger partial charge is 0.339 e. The summed E-state index contributed by atoms with van der Waals surface area (Å²) in [4.78, 5) is 19.1. The molecule has 4 rings (SSSR count). The highest BCUT2D eigenvalue weighted by atomic mass is 32.1. The molecule has 0 unspecified atom stereocenters. The Balaban J connectivity index is 1.42. The first-order valence-electron chi connectivity index (χ1n) is 9.72. The van der Waals surface area contributed by atoms with Crippen molar-refractivity contribution in [3.05, 3.63) is 76.6 Å². The highest BCUT2D eigenvalue weighted by Crippen LogP contribution is 2.23. The normalized spacial score (nSPS) is 11.1. The van der Waals surface area contributed by atoms with Gasteiger partial charge in [-0.1, -0.05) is 30.3 Å². The summed E-state index contributed by atoms with van der Waals surface area (Å²) in [7, 11) is 1.85. The molecule has 6 heteroatoms. The minimum atomic E-state index is 0.121. The summed E-state index contributed by atoms with van der Waals surface area (Å²) in [5.41, 5.74) is 5.26. The summed E-state index contributed by atoms with van der Waals surface area (Å²) in [6, 6.07) is 18.2. The van der Waals surface area contributed by atoms with Crippen LogP contribution in [0, 0.1) is 13.8 Å². The van der Waals surface area contributed by atoms with Crippen LogP contribution in [0.3, 0.4) is 0 Å². The molecule has 1 amide bonds. The van der Waals surface area contributed by atoms with Gasteiger partial charge in [-0.2, -0.15) is 5.10 Å². The second kappa shape index (κ2) is 8.17. The van der Waals surface area contributed by atoms with Gasteiger partial charge >= 0.3 is 0 Å². The zero-order valence-corrected chi connectivity index (χ0v) is 17.7. The van der Waals surface area contributed by atoms with Crippen LogP contribution in [0.2, 0.25) is 0 Å². The van der Waals surface area contributed by atoms with Crippen LogP contribution in [-0.2, 0) is 17.8 Å². The predicted octanol–water partition coefficient (Wildman–Crippen LogP) is 4.69. The summed E-state index contributed by atoms with van der Waals surface area (Å²) < 4.78 is 3.11. The Bertz CT molecular complexity index is 1110. The lowest BCUT2D eigenvalue weighted by Gasteiger charge is -2.15. The number of fused-ring (bicyclic) bond motifs is 1. The van der Waals surface area contributed by atoms with Gasteiger partial charge in [0.1, 0.15) is 5.01 Å². The van der Waals surface area contributed by atoms with E-state index >= 15 is 0 Å². The molecule has 0 spiro atoms. The number of aryl methyl sites for hydroxylation is 1. The number of rotatable bonds is 6. The summed E-state index contributed by atoms with van der Waals surface area (Å²) in [5, 5.41) is 5.64. The van der Waals surface area contributed by atoms with Crippen LogP contribution < -0.4 is 0 Å². The van der Waals surface area contributed by atoms with E-state index in [4.69, 9.17) is 0 Å². The topological polar surface area (TPSA) is 51.0 Å². The molecule has 0 aliphatic heterocycles. The van der Waals surface area contributed by atoms with E-state index in [0.29, 0.717) is 19.4 Å². The van der Waals surface area contributed by atoms with Gasteiger partial charge in [0.25, 0.3) is 0 Å². The van der Waals surface area contributed by atoms with E-state index in [1.165, 1.54) is 0 Å². The van der Waals surface area contributed by atoms with Gasteiger partial charge in [-0.3, -0.25) is 4.79 Å². The number of hydrogen-bond acceptors (Lipinski definition) is 4. The van der Waals surface area contributed by atoms with E-state index in [9.17, 15) is 4.79 Å². The maximum atomic E-state index is 12.7. The monoisotopic (exact) mass is 404 g/mol. The minimum Gasteiger partial charge on any atom is -0.339 e. The average molecular weight is 405 g/mol. The smallest absolute Gasteiger partial charge is 0.223 e. The first kappa shape index (κ1) is 19.3. The van der Waals surface area contributed by atoms with E-state index in [0.717, 1.165) is 37.9 Å². The first-order chi connectivity index (χ1) is 14.0. The van der Waals surface area contributed by atoms with Gasteiger partial charge in [0.05, 0.1) is 28.1 Å². The highest BCUT2D eigenvalue weighted by Gasteiger charge is 2.17. The number of aromatic nitrogens is 3. The van der Waals surface area contributed by atoms with E-state index in [1.807, 2.05) is 67.2 Å². The fourth-order valence-corrected chi connectivity index (χ4v) is 4.58. The fraction of sp³-hybridized carbons (Fsp3) is 0.261. The maximum absolute atomic E-state index is 12.7. The fourth-order valence-electron chi connectivity index (χ4n) is 3.56. The third kappa shape index (κ3) is 4.07. The van der Waals surface area contributed by atoms with Gasteiger partial charge in [-0.05, 0) is 50.1 Å². The van der Waals surface area contributed by atoms with E-state index in [-0.39, 0.29) is 5.91 Å². The van der Waals surface area contributed by atoms with Crippen molar-refractivity contribution < 1.29 is 4.79 Å². The molecule has 4 aromatic rings. The molecule has 0 fully saturated rings.